The first-order valence-corrected chi connectivity index (χ1v) is 5.73. The molecule has 2 aliphatic carbocycles. The Bertz CT molecular complexity index is 135. The number of hydrogen-bond donors (Lipinski definition) is 0. The molecule has 0 aromatic carbocycles. The Balaban J connectivity index is 1.87. The second kappa shape index (κ2) is 3.81. The molecule has 2 aliphatic rings. The third-order valence-electron chi connectivity index (χ3n) is 3.59. The average molecular weight is 165 g/mol. The van der Waals surface area contributed by atoms with E-state index in [0.29, 0.717) is 0 Å². The van der Waals surface area contributed by atoms with Gasteiger partial charge in [-0.25, -0.2) is 0 Å². The predicted octanol–water partition coefficient (Wildman–Crippen LogP) is 3.96. The van der Waals surface area contributed by atoms with E-state index in [2.05, 4.69) is 6.92 Å². The van der Waals surface area contributed by atoms with Gasteiger partial charge in [-0.05, 0) is 37.0 Å². The van der Waals surface area contributed by atoms with Crippen LogP contribution in [0.25, 0.3) is 0 Å². The summed E-state index contributed by atoms with van der Waals surface area (Å²) in [4.78, 5) is 0. The lowest BCUT2D eigenvalue weighted by Crippen LogP contribution is -2.13. The zero-order valence-electron chi connectivity index (χ0n) is 8.31. The van der Waals surface area contributed by atoms with Gasteiger partial charge in [-0.1, -0.05) is 39.0 Å². The fourth-order valence-electron chi connectivity index (χ4n) is 2.63. The van der Waals surface area contributed by atoms with Crippen LogP contribution < -0.4 is 0 Å². The van der Waals surface area contributed by atoms with Crippen molar-refractivity contribution in [3.8, 4) is 0 Å². The van der Waals surface area contributed by atoms with Crippen molar-refractivity contribution in [1.29, 1.82) is 0 Å². The highest BCUT2D eigenvalue weighted by Crippen LogP contribution is 2.46. The fourth-order valence-corrected chi connectivity index (χ4v) is 2.63. The quantitative estimate of drug-likeness (QED) is 0.551. The molecule has 1 unspecified atom stereocenters. The molecule has 0 heteroatoms. The smallest absolute Gasteiger partial charge is 0.0182 e. The van der Waals surface area contributed by atoms with Crippen LogP contribution in [0.3, 0.4) is 0 Å². The van der Waals surface area contributed by atoms with Crippen LogP contribution in [-0.2, 0) is 0 Å². The molecule has 2 saturated carbocycles. The van der Waals surface area contributed by atoms with E-state index in [1.54, 1.807) is 0 Å². The van der Waals surface area contributed by atoms with Crippen LogP contribution in [0.4, 0.5) is 0 Å². The van der Waals surface area contributed by atoms with Crippen LogP contribution in [0.2, 0.25) is 0 Å². The summed E-state index contributed by atoms with van der Waals surface area (Å²) in [7, 11) is 0. The van der Waals surface area contributed by atoms with Gasteiger partial charge in [0.05, 0.1) is 0 Å². The second-order valence-corrected chi connectivity index (χ2v) is 4.70. The van der Waals surface area contributed by atoms with E-state index in [0.717, 1.165) is 11.8 Å². The molecule has 1 radical (unpaired) electrons. The Hall–Kier alpha value is 0. The Morgan fingerprint density at radius 2 is 1.67 bits per heavy atom. The molecule has 0 amide bonds. The van der Waals surface area contributed by atoms with Gasteiger partial charge in [0.1, 0.15) is 0 Å². The minimum atomic E-state index is 0.956. The second-order valence-electron chi connectivity index (χ2n) is 4.70. The molecule has 0 aromatic rings. The highest BCUT2D eigenvalue weighted by molar-refractivity contribution is 5.06. The van der Waals surface area contributed by atoms with Gasteiger partial charge in [-0.2, -0.15) is 0 Å². The average Bonchev–Trinajstić information content (AvgIpc) is 2.81. The molecule has 0 bridgehead atoms. The van der Waals surface area contributed by atoms with Gasteiger partial charge in [-0.3, -0.25) is 0 Å². The molecule has 0 saturated heterocycles. The van der Waals surface area contributed by atoms with Crippen LogP contribution in [0.15, 0.2) is 0 Å². The highest BCUT2D eigenvalue weighted by atomic mass is 14.4. The van der Waals surface area contributed by atoms with Gasteiger partial charge in [-0.15, -0.1) is 0 Å². The highest BCUT2D eigenvalue weighted by Gasteiger charge is 2.34. The van der Waals surface area contributed by atoms with Gasteiger partial charge in [0, 0.05) is 0 Å². The summed E-state index contributed by atoms with van der Waals surface area (Å²) in [6.07, 6.45) is 11.9. The van der Waals surface area contributed by atoms with E-state index >= 15 is 0 Å². The van der Waals surface area contributed by atoms with Gasteiger partial charge in [0.2, 0.25) is 0 Å². The maximum Gasteiger partial charge on any atom is -0.0182 e. The molecule has 0 spiro atoms. The lowest BCUT2D eigenvalue weighted by Gasteiger charge is -2.25. The molecule has 2 rings (SSSR count). The summed E-state index contributed by atoms with van der Waals surface area (Å²) in [6.45, 7) is 2.46. The summed E-state index contributed by atoms with van der Waals surface area (Å²) in [6, 6.07) is 0. The molecule has 0 heterocycles. The summed E-state index contributed by atoms with van der Waals surface area (Å²) in [5.41, 5.74) is 0. The van der Waals surface area contributed by atoms with Crippen molar-refractivity contribution in [1.82, 2.24) is 0 Å². The minimum absolute atomic E-state index is 0.956. The Kier molecular flexibility index (Phi) is 2.73. The molecule has 69 valence electrons. The first-order valence-electron chi connectivity index (χ1n) is 5.73. The summed E-state index contributed by atoms with van der Waals surface area (Å²) >= 11 is 0. The van der Waals surface area contributed by atoms with Crippen LogP contribution in [0.5, 0.6) is 0 Å². The summed E-state index contributed by atoms with van der Waals surface area (Å²) in [5, 5.41) is 0. The maximum atomic E-state index is 2.46. The molecule has 0 nitrogen and oxygen atoms in total. The predicted molar refractivity (Wildman–Crippen MR) is 52.8 cm³/mol. The largest absolute Gasteiger partial charge is 0.0619 e. The summed E-state index contributed by atoms with van der Waals surface area (Å²) in [5.74, 6) is 3.96. The minimum Gasteiger partial charge on any atom is -0.0619 e. The van der Waals surface area contributed by atoms with Gasteiger partial charge < -0.3 is 0 Å². The molecule has 2 fully saturated rings. The molecule has 1 atom stereocenters. The zero-order valence-corrected chi connectivity index (χ0v) is 8.31. The van der Waals surface area contributed by atoms with Crippen LogP contribution in [0, 0.1) is 17.8 Å². The normalized spacial score (nSPS) is 34.2. The van der Waals surface area contributed by atoms with Crippen molar-refractivity contribution in [3.63, 3.8) is 0 Å². The van der Waals surface area contributed by atoms with E-state index in [9.17, 15) is 0 Å². The van der Waals surface area contributed by atoms with Crippen LogP contribution in [0.1, 0.15) is 58.3 Å². The van der Waals surface area contributed by atoms with E-state index in [1.807, 2.05) is 5.92 Å². The number of rotatable bonds is 1. The molecule has 12 heavy (non-hydrogen) atoms. The maximum absolute atomic E-state index is 2.46. The number of hydrogen-bond acceptors (Lipinski definition) is 0. The van der Waals surface area contributed by atoms with Gasteiger partial charge in [0.25, 0.3) is 0 Å². The van der Waals surface area contributed by atoms with Crippen molar-refractivity contribution in [3.05, 3.63) is 5.92 Å². The first kappa shape index (κ1) is 8.59. The topological polar surface area (TPSA) is 0 Å². The lowest BCUT2D eigenvalue weighted by atomic mass is 9.80. The van der Waals surface area contributed by atoms with Crippen molar-refractivity contribution in [2.24, 2.45) is 11.8 Å². The summed E-state index contributed by atoms with van der Waals surface area (Å²) < 4.78 is 0. The molecule has 0 N–H and O–H groups in total. The Labute approximate surface area is 76.7 Å². The van der Waals surface area contributed by atoms with Crippen molar-refractivity contribution < 1.29 is 0 Å². The monoisotopic (exact) mass is 165 g/mol. The fraction of sp³-hybridized carbons (Fsp3) is 0.917. The van der Waals surface area contributed by atoms with Crippen molar-refractivity contribution >= 4 is 0 Å². The van der Waals surface area contributed by atoms with E-state index in [1.165, 1.54) is 51.4 Å². The van der Waals surface area contributed by atoms with Gasteiger partial charge in [0.15, 0.2) is 0 Å². The molecular formula is C12H21. The zero-order chi connectivity index (χ0) is 8.39. The van der Waals surface area contributed by atoms with Gasteiger partial charge >= 0.3 is 0 Å². The SMILES string of the molecule is CC1CCCCCC[C]1C1CC1. The van der Waals surface area contributed by atoms with E-state index < -0.39 is 0 Å². The van der Waals surface area contributed by atoms with Crippen molar-refractivity contribution in [2.75, 3.05) is 0 Å². The van der Waals surface area contributed by atoms with Crippen molar-refractivity contribution in [2.45, 2.75) is 58.3 Å². The lowest BCUT2D eigenvalue weighted by molar-refractivity contribution is 0.406. The third kappa shape index (κ3) is 2.02. The Morgan fingerprint density at radius 1 is 0.917 bits per heavy atom. The van der Waals surface area contributed by atoms with E-state index in [-0.39, 0.29) is 0 Å². The van der Waals surface area contributed by atoms with E-state index in [4.69, 9.17) is 0 Å². The van der Waals surface area contributed by atoms with Crippen LogP contribution >= 0.6 is 0 Å². The third-order valence-corrected chi connectivity index (χ3v) is 3.59. The Morgan fingerprint density at radius 3 is 2.42 bits per heavy atom. The molecular weight excluding hydrogens is 144 g/mol. The first-order chi connectivity index (χ1) is 5.88. The van der Waals surface area contributed by atoms with Crippen LogP contribution in [-0.4, -0.2) is 0 Å². The molecule has 0 aromatic heterocycles. The standard InChI is InChI=1S/C12H21/c1-10-6-4-2-3-5-7-12(10)11-8-9-11/h10-11H,2-9H2,1H3. The molecule has 0 aliphatic heterocycles.